The Morgan fingerprint density at radius 2 is 1.84 bits per heavy atom. The number of hydrogen-bond donors (Lipinski definition) is 3. The number of methoxy groups -OCH3 is 1. The highest BCUT2D eigenvalue weighted by Gasteiger charge is 2.15. The summed E-state index contributed by atoms with van der Waals surface area (Å²) >= 11 is 6.40. The monoisotopic (exact) mass is 470 g/mol. The van der Waals surface area contributed by atoms with Gasteiger partial charge in [0.05, 0.1) is 19.0 Å². The van der Waals surface area contributed by atoms with Crippen molar-refractivity contribution < 1.29 is 4.74 Å². The molecular weight excluding hydrogens is 443 g/mol. The zero-order chi connectivity index (χ0) is 22.5. The van der Waals surface area contributed by atoms with Gasteiger partial charge in [-0.05, 0) is 36.8 Å². The van der Waals surface area contributed by atoms with Crippen LogP contribution < -0.4 is 30.9 Å². The maximum Gasteiger partial charge on any atom is 0.229 e. The van der Waals surface area contributed by atoms with Gasteiger partial charge in [-0.1, -0.05) is 37.7 Å². The molecule has 1 saturated heterocycles. The third-order valence-electron chi connectivity index (χ3n) is 5.30. The molecule has 0 radical (unpaired) electrons. The number of nitrogens with one attached hydrogen (secondary N) is 3. The van der Waals surface area contributed by atoms with Gasteiger partial charge >= 0.3 is 0 Å². The third-order valence-corrected chi connectivity index (χ3v) is 6.93. The fourth-order valence-electron chi connectivity index (χ4n) is 3.64. The number of ether oxygens (including phenoxy) is 1. The van der Waals surface area contributed by atoms with Crippen LogP contribution >= 0.6 is 19.5 Å². The Kier molecular flexibility index (Phi) is 7.30. The Hall–Kier alpha value is -2.60. The van der Waals surface area contributed by atoms with E-state index in [4.69, 9.17) is 16.3 Å². The number of piperazine rings is 1. The minimum absolute atomic E-state index is 0.274. The molecule has 1 aliphatic rings. The van der Waals surface area contributed by atoms with Crippen molar-refractivity contribution in [3.8, 4) is 5.75 Å². The molecule has 0 spiro atoms. The zero-order valence-corrected chi connectivity index (χ0v) is 20.2. The molecule has 0 bridgehead atoms. The van der Waals surface area contributed by atoms with E-state index in [9.17, 15) is 0 Å². The molecule has 1 aromatic heterocycles. The van der Waals surface area contributed by atoms with Gasteiger partial charge in [-0.3, -0.25) is 0 Å². The number of nitrogens with zero attached hydrogens (tertiary/aromatic N) is 3. The minimum Gasteiger partial charge on any atom is -0.494 e. The molecule has 168 valence electrons. The van der Waals surface area contributed by atoms with Crippen LogP contribution in [0.25, 0.3) is 0 Å². The summed E-state index contributed by atoms with van der Waals surface area (Å²) in [5.74, 6) is 1.74. The summed E-state index contributed by atoms with van der Waals surface area (Å²) in [6, 6.07) is 14.4. The van der Waals surface area contributed by atoms with Crippen molar-refractivity contribution in [2.24, 2.45) is 0 Å². The minimum atomic E-state index is -0.274. The lowest BCUT2D eigenvalue weighted by atomic mass is 10.2. The molecule has 0 atom stereocenters. The predicted molar refractivity (Wildman–Crippen MR) is 137 cm³/mol. The predicted octanol–water partition coefficient (Wildman–Crippen LogP) is 4.40. The molecule has 7 nitrogen and oxygen atoms in total. The molecule has 0 aliphatic carbocycles. The standard InChI is InChI=1S/C23H28ClN6OP/c1-31-20-14-16(30-12-10-25-11-13-30)8-9-18(20)28-23-26-15-17(24)22(29-23)27-19-6-4-5-7-21(19)32(2)3/h4-9,14-15,25H,10-13H2,1-3H3,(H2,26,27,28,29). The number of aromatic nitrogens is 2. The molecule has 1 fully saturated rings. The van der Waals surface area contributed by atoms with Crippen LogP contribution in [0.4, 0.5) is 28.8 Å². The number of halogens is 1. The summed E-state index contributed by atoms with van der Waals surface area (Å²) in [4.78, 5) is 11.3. The second-order valence-electron chi connectivity index (χ2n) is 7.67. The summed E-state index contributed by atoms with van der Waals surface area (Å²) in [5, 5.41) is 11.7. The Labute approximate surface area is 195 Å². The van der Waals surface area contributed by atoms with Gasteiger partial charge in [0.15, 0.2) is 5.82 Å². The van der Waals surface area contributed by atoms with Gasteiger partial charge in [-0.15, -0.1) is 0 Å². The fraction of sp³-hybridized carbons (Fsp3) is 0.304. The Morgan fingerprint density at radius 1 is 1.06 bits per heavy atom. The number of rotatable bonds is 7. The summed E-state index contributed by atoms with van der Waals surface area (Å²) in [7, 11) is 1.39. The quantitative estimate of drug-likeness (QED) is 0.442. The van der Waals surface area contributed by atoms with Gasteiger partial charge in [0.1, 0.15) is 10.8 Å². The van der Waals surface area contributed by atoms with E-state index in [0.29, 0.717) is 16.8 Å². The van der Waals surface area contributed by atoms with Crippen LogP contribution in [0, 0.1) is 0 Å². The second kappa shape index (κ2) is 10.3. The lowest BCUT2D eigenvalue weighted by Gasteiger charge is -2.30. The summed E-state index contributed by atoms with van der Waals surface area (Å²) < 4.78 is 5.64. The molecule has 4 rings (SSSR count). The highest BCUT2D eigenvalue weighted by Crippen LogP contribution is 2.33. The average Bonchev–Trinajstić information content (AvgIpc) is 2.82. The van der Waals surface area contributed by atoms with Crippen LogP contribution in [0.5, 0.6) is 5.75 Å². The van der Waals surface area contributed by atoms with Crippen molar-refractivity contribution in [3.05, 3.63) is 53.7 Å². The lowest BCUT2D eigenvalue weighted by molar-refractivity contribution is 0.416. The molecule has 2 heterocycles. The van der Waals surface area contributed by atoms with E-state index in [1.54, 1.807) is 13.3 Å². The van der Waals surface area contributed by atoms with E-state index < -0.39 is 0 Å². The van der Waals surface area contributed by atoms with Crippen LogP contribution in [0.15, 0.2) is 48.7 Å². The Bertz CT molecular complexity index is 1070. The summed E-state index contributed by atoms with van der Waals surface area (Å²) in [6.07, 6.45) is 1.60. The first kappa shape index (κ1) is 22.6. The van der Waals surface area contributed by atoms with E-state index in [1.165, 1.54) is 5.30 Å². The SMILES string of the molecule is COc1cc(N2CCNCC2)ccc1Nc1ncc(Cl)c(Nc2ccccc2P(C)C)n1. The fourth-order valence-corrected chi connectivity index (χ4v) is 4.77. The van der Waals surface area contributed by atoms with E-state index >= 15 is 0 Å². The Morgan fingerprint density at radius 3 is 2.59 bits per heavy atom. The van der Waals surface area contributed by atoms with Crippen LogP contribution in [-0.4, -0.2) is 56.6 Å². The molecule has 32 heavy (non-hydrogen) atoms. The van der Waals surface area contributed by atoms with E-state index in [0.717, 1.165) is 49.0 Å². The molecule has 9 heteroatoms. The van der Waals surface area contributed by atoms with E-state index in [-0.39, 0.29) is 7.92 Å². The second-order valence-corrected chi connectivity index (χ2v) is 10.4. The third kappa shape index (κ3) is 5.23. The first-order valence-corrected chi connectivity index (χ1v) is 13.1. The topological polar surface area (TPSA) is 74.3 Å². The van der Waals surface area contributed by atoms with Crippen molar-refractivity contribution in [3.63, 3.8) is 0 Å². The number of benzene rings is 2. The molecule has 1 aliphatic heterocycles. The number of hydrogen-bond acceptors (Lipinski definition) is 7. The number of para-hydroxylation sites is 1. The van der Waals surface area contributed by atoms with Crippen LogP contribution in [0.1, 0.15) is 0 Å². The highest BCUT2D eigenvalue weighted by molar-refractivity contribution is 7.64. The first-order chi connectivity index (χ1) is 15.5. The highest BCUT2D eigenvalue weighted by atomic mass is 35.5. The molecular formula is C23H28ClN6OP. The first-order valence-electron chi connectivity index (χ1n) is 10.5. The van der Waals surface area contributed by atoms with E-state index in [1.807, 2.05) is 30.3 Å². The molecule has 3 aromatic rings. The lowest BCUT2D eigenvalue weighted by Crippen LogP contribution is -2.43. The largest absolute Gasteiger partial charge is 0.494 e. The maximum absolute atomic E-state index is 6.40. The van der Waals surface area contributed by atoms with Crippen molar-refractivity contribution in [2.75, 3.05) is 62.2 Å². The van der Waals surface area contributed by atoms with Gasteiger partial charge in [0.25, 0.3) is 0 Å². The normalized spacial score (nSPS) is 13.8. The van der Waals surface area contributed by atoms with Crippen molar-refractivity contribution in [2.45, 2.75) is 0 Å². The van der Waals surface area contributed by atoms with Gasteiger partial charge in [-0.25, -0.2) is 4.98 Å². The molecule has 0 amide bonds. The van der Waals surface area contributed by atoms with Crippen molar-refractivity contribution in [1.29, 1.82) is 0 Å². The number of anilines is 5. The van der Waals surface area contributed by atoms with Crippen molar-refractivity contribution in [1.82, 2.24) is 15.3 Å². The zero-order valence-electron chi connectivity index (χ0n) is 18.5. The Balaban J connectivity index is 1.56. The van der Waals surface area contributed by atoms with Gasteiger partial charge < -0.3 is 25.6 Å². The van der Waals surface area contributed by atoms with Crippen molar-refractivity contribution >= 4 is 53.7 Å². The van der Waals surface area contributed by atoms with Gasteiger partial charge in [-0.2, -0.15) is 4.98 Å². The van der Waals surface area contributed by atoms with Gasteiger partial charge in [0, 0.05) is 43.6 Å². The molecule has 0 saturated carbocycles. The maximum atomic E-state index is 6.40. The van der Waals surface area contributed by atoms with Crippen LogP contribution in [0.3, 0.4) is 0 Å². The average molecular weight is 471 g/mol. The molecule has 3 N–H and O–H groups in total. The smallest absolute Gasteiger partial charge is 0.229 e. The van der Waals surface area contributed by atoms with Gasteiger partial charge in [0.2, 0.25) is 5.95 Å². The van der Waals surface area contributed by atoms with E-state index in [2.05, 4.69) is 56.3 Å². The molecule has 0 unspecified atom stereocenters. The summed E-state index contributed by atoms with van der Waals surface area (Å²) in [5.41, 5.74) is 2.94. The van der Waals surface area contributed by atoms with Crippen LogP contribution in [-0.2, 0) is 0 Å². The summed E-state index contributed by atoms with van der Waals surface area (Å²) in [6.45, 7) is 8.37. The van der Waals surface area contributed by atoms with Crippen LogP contribution in [0.2, 0.25) is 5.02 Å². The molecule has 2 aromatic carbocycles.